The van der Waals surface area contributed by atoms with Crippen LogP contribution in [0.2, 0.25) is 0 Å². The fourth-order valence-corrected chi connectivity index (χ4v) is 1.90. The van der Waals surface area contributed by atoms with Gasteiger partial charge in [-0.1, -0.05) is 37.3 Å². The lowest BCUT2D eigenvalue weighted by Gasteiger charge is -2.20. The Kier molecular flexibility index (Phi) is 6.03. The van der Waals surface area contributed by atoms with E-state index in [0.717, 1.165) is 13.1 Å². The van der Waals surface area contributed by atoms with Crippen molar-refractivity contribution in [1.82, 2.24) is 10.6 Å². The summed E-state index contributed by atoms with van der Waals surface area (Å²) in [6.45, 7) is 9.80. The van der Waals surface area contributed by atoms with E-state index in [2.05, 4.69) is 41.8 Å². The van der Waals surface area contributed by atoms with Crippen LogP contribution in [-0.4, -0.2) is 24.5 Å². The van der Waals surface area contributed by atoms with E-state index in [1.165, 1.54) is 5.56 Å². The zero-order valence-corrected chi connectivity index (χ0v) is 12.5. The second-order valence-electron chi connectivity index (χ2n) is 6.06. The van der Waals surface area contributed by atoms with Crippen LogP contribution in [0.25, 0.3) is 0 Å². The third kappa shape index (κ3) is 6.97. The fourth-order valence-electron chi connectivity index (χ4n) is 1.90. The van der Waals surface area contributed by atoms with Crippen molar-refractivity contribution in [2.75, 3.05) is 13.1 Å². The normalized spacial score (nSPS) is 13.1. The standard InChI is InChI=1S/C16H26N2O/c1-13(14-8-6-5-7-9-14)12-17-11-10-15(19)18-16(2,3)4/h5-9,13,17H,10-12H2,1-4H3,(H,18,19). The molecule has 19 heavy (non-hydrogen) atoms. The number of carbonyl (C=O) groups is 1. The van der Waals surface area contributed by atoms with Crippen molar-refractivity contribution in [3.05, 3.63) is 35.9 Å². The van der Waals surface area contributed by atoms with Crippen LogP contribution in [0.5, 0.6) is 0 Å². The zero-order chi connectivity index (χ0) is 14.3. The number of hydrogen-bond acceptors (Lipinski definition) is 2. The monoisotopic (exact) mass is 262 g/mol. The maximum Gasteiger partial charge on any atom is 0.221 e. The minimum absolute atomic E-state index is 0.104. The molecule has 1 unspecified atom stereocenters. The number of carbonyl (C=O) groups excluding carboxylic acids is 1. The first kappa shape index (κ1) is 15.7. The van der Waals surface area contributed by atoms with Crippen LogP contribution >= 0.6 is 0 Å². The molecular weight excluding hydrogens is 236 g/mol. The topological polar surface area (TPSA) is 41.1 Å². The van der Waals surface area contributed by atoms with Crippen LogP contribution < -0.4 is 10.6 Å². The van der Waals surface area contributed by atoms with Crippen molar-refractivity contribution < 1.29 is 4.79 Å². The molecule has 3 heteroatoms. The molecule has 0 heterocycles. The summed E-state index contributed by atoms with van der Waals surface area (Å²) in [5, 5.41) is 6.30. The summed E-state index contributed by atoms with van der Waals surface area (Å²) < 4.78 is 0. The molecule has 0 aliphatic rings. The highest BCUT2D eigenvalue weighted by Crippen LogP contribution is 2.12. The molecule has 0 saturated carbocycles. The van der Waals surface area contributed by atoms with E-state index in [4.69, 9.17) is 0 Å². The Morgan fingerprint density at radius 3 is 2.42 bits per heavy atom. The summed E-state index contributed by atoms with van der Waals surface area (Å²) >= 11 is 0. The highest BCUT2D eigenvalue weighted by Gasteiger charge is 2.13. The summed E-state index contributed by atoms with van der Waals surface area (Å²) in [5.74, 6) is 0.569. The van der Waals surface area contributed by atoms with Crippen molar-refractivity contribution in [1.29, 1.82) is 0 Å². The number of amides is 1. The van der Waals surface area contributed by atoms with Crippen molar-refractivity contribution >= 4 is 5.91 Å². The van der Waals surface area contributed by atoms with Gasteiger partial charge in [0.05, 0.1) is 0 Å². The molecule has 1 aromatic rings. The van der Waals surface area contributed by atoms with E-state index in [1.54, 1.807) is 0 Å². The molecular formula is C16H26N2O. The minimum Gasteiger partial charge on any atom is -0.351 e. The van der Waals surface area contributed by atoms with Gasteiger partial charge in [0.25, 0.3) is 0 Å². The maximum atomic E-state index is 11.6. The van der Waals surface area contributed by atoms with Gasteiger partial charge in [-0.05, 0) is 32.3 Å². The first-order valence-corrected chi connectivity index (χ1v) is 6.95. The molecule has 3 nitrogen and oxygen atoms in total. The fraction of sp³-hybridized carbons (Fsp3) is 0.562. The summed E-state index contributed by atoms with van der Waals surface area (Å²) in [6.07, 6.45) is 0.527. The molecule has 1 rings (SSSR count). The van der Waals surface area contributed by atoms with Gasteiger partial charge in [0.1, 0.15) is 0 Å². The molecule has 2 N–H and O–H groups in total. The van der Waals surface area contributed by atoms with E-state index in [0.29, 0.717) is 12.3 Å². The predicted molar refractivity (Wildman–Crippen MR) is 80.2 cm³/mol. The van der Waals surface area contributed by atoms with Gasteiger partial charge < -0.3 is 10.6 Å². The lowest BCUT2D eigenvalue weighted by Crippen LogP contribution is -2.41. The first-order valence-electron chi connectivity index (χ1n) is 6.95. The van der Waals surface area contributed by atoms with Gasteiger partial charge >= 0.3 is 0 Å². The van der Waals surface area contributed by atoms with E-state index in [-0.39, 0.29) is 11.4 Å². The van der Waals surface area contributed by atoms with Gasteiger partial charge in [0.2, 0.25) is 5.91 Å². The molecule has 1 amide bonds. The van der Waals surface area contributed by atoms with E-state index in [1.807, 2.05) is 26.8 Å². The molecule has 0 aliphatic carbocycles. The Balaban J connectivity index is 2.19. The Hall–Kier alpha value is -1.35. The van der Waals surface area contributed by atoms with E-state index >= 15 is 0 Å². The van der Waals surface area contributed by atoms with Crippen LogP contribution in [-0.2, 0) is 4.79 Å². The van der Waals surface area contributed by atoms with Crippen molar-refractivity contribution in [3.63, 3.8) is 0 Å². The first-order chi connectivity index (χ1) is 8.88. The molecule has 0 radical (unpaired) electrons. The van der Waals surface area contributed by atoms with Gasteiger partial charge in [-0.3, -0.25) is 4.79 Å². The number of nitrogens with one attached hydrogen (secondary N) is 2. The zero-order valence-electron chi connectivity index (χ0n) is 12.5. The molecule has 0 saturated heterocycles. The van der Waals surface area contributed by atoms with Gasteiger partial charge in [-0.15, -0.1) is 0 Å². The molecule has 0 fully saturated rings. The molecule has 0 bridgehead atoms. The predicted octanol–water partition coefficient (Wildman–Crippen LogP) is 2.68. The van der Waals surface area contributed by atoms with Crippen molar-refractivity contribution in [3.8, 4) is 0 Å². The molecule has 0 aromatic heterocycles. The van der Waals surface area contributed by atoms with Crippen LogP contribution in [0.1, 0.15) is 45.6 Å². The summed E-state index contributed by atoms with van der Waals surface area (Å²) in [4.78, 5) is 11.6. The van der Waals surface area contributed by atoms with Crippen molar-refractivity contribution in [2.45, 2.75) is 45.6 Å². The van der Waals surface area contributed by atoms with E-state index in [9.17, 15) is 4.79 Å². The lowest BCUT2D eigenvalue weighted by atomic mass is 10.0. The molecule has 1 aromatic carbocycles. The molecule has 0 spiro atoms. The third-order valence-corrected chi connectivity index (χ3v) is 2.86. The number of rotatable bonds is 6. The largest absolute Gasteiger partial charge is 0.351 e. The third-order valence-electron chi connectivity index (χ3n) is 2.86. The van der Waals surface area contributed by atoms with Crippen LogP contribution in [0.15, 0.2) is 30.3 Å². The summed E-state index contributed by atoms with van der Waals surface area (Å²) in [6, 6.07) is 10.4. The lowest BCUT2D eigenvalue weighted by molar-refractivity contribution is -0.122. The quantitative estimate of drug-likeness (QED) is 0.774. The maximum absolute atomic E-state index is 11.6. The second kappa shape index (κ2) is 7.29. The van der Waals surface area contributed by atoms with Gasteiger partial charge in [0.15, 0.2) is 0 Å². The average Bonchev–Trinajstić information content (AvgIpc) is 2.33. The van der Waals surface area contributed by atoms with Gasteiger partial charge in [-0.2, -0.15) is 0 Å². The highest BCUT2D eigenvalue weighted by atomic mass is 16.1. The summed E-state index contributed by atoms with van der Waals surface area (Å²) in [7, 11) is 0. The van der Waals surface area contributed by atoms with Crippen molar-refractivity contribution in [2.24, 2.45) is 0 Å². The average molecular weight is 262 g/mol. The molecule has 0 aliphatic heterocycles. The molecule has 1 atom stereocenters. The smallest absolute Gasteiger partial charge is 0.221 e. The highest BCUT2D eigenvalue weighted by molar-refractivity contribution is 5.76. The molecule has 106 valence electrons. The van der Waals surface area contributed by atoms with Crippen LogP contribution in [0.4, 0.5) is 0 Å². The second-order valence-corrected chi connectivity index (χ2v) is 6.06. The van der Waals surface area contributed by atoms with Gasteiger partial charge in [0, 0.05) is 25.0 Å². The van der Waals surface area contributed by atoms with Crippen LogP contribution in [0.3, 0.4) is 0 Å². The number of benzene rings is 1. The number of hydrogen-bond donors (Lipinski definition) is 2. The van der Waals surface area contributed by atoms with E-state index < -0.39 is 0 Å². The Morgan fingerprint density at radius 2 is 1.84 bits per heavy atom. The van der Waals surface area contributed by atoms with Gasteiger partial charge in [-0.25, -0.2) is 0 Å². The Morgan fingerprint density at radius 1 is 1.21 bits per heavy atom. The summed E-state index contributed by atoms with van der Waals surface area (Å²) in [5.41, 5.74) is 1.18. The SMILES string of the molecule is CC(CNCCC(=O)NC(C)(C)C)c1ccccc1. The Bertz CT molecular complexity index is 381. The minimum atomic E-state index is -0.144. The van der Waals surface area contributed by atoms with Crippen LogP contribution in [0, 0.1) is 0 Å². The Labute approximate surface area is 116 Å².